The number of rotatable bonds is 8. The standard InChI is InChI=1S/C24H27Cl2F3N6.3CH2O2/c25-15-1-3-19-17(9-15)16-5-7-35(20(22(16)33-19)13-31-12-14-10-30-11-14)8-6-32-21-4-2-18(26)23(34-21)24(27,28)29;3*2-1-3/h1-4,9,14,20,30-31,33H,5-8,10-13H2,(H,32,34);3*1H,(H,2,3). The molecule has 1 atom stereocenters. The van der Waals surface area contributed by atoms with E-state index in [-0.39, 0.29) is 31.3 Å². The van der Waals surface area contributed by atoms with Gasteiger partial charge < -0.3 is 36.3 Å². The molecule has 0 aliphatic carbocycles. The first kappa shape index (κ1) is 36.6. The molecule has 242 valence electrons. The Morgan fingerprint density at radius 3 is 2.27 bits per heavy atom. The van der Waals surface area contributed by atoms with E-state index in [1.165, 1.54) is 23.4 Å². The largest absolute Gasteiger partial charge is 0.483 e. The summed E-state index contributed by atoms with van der Waals surface area (Å²) < 4.78 is 39.4. The number of alkyl halides is 3. The number of nitrogens with zero attached hydrogens (tertiary/aromatic N) is 2. The number of H-pyrrole nitrogens is 1. The summed E-state index contributed by atoms with van der Waals surface area (Å²) in [5.74, 6) is 0.806. The molecule has 17 heteroatoms. The highest BCUT2D eigenvalue weighted by atomic mass is 35.5. The third-order valence-corrected chi connectivity index (χ3v) is 7.32. The molecule has 12 nitrogen and oxygen atoms in total. The maximum absolute atomic E-state index is 13.1. The van der Waals surface area contributed by atoms with Crippen LogP contribution in [-0.2, 0) is 27.0 Å². The van der Waals surface area contributed by atoms with Crippen LogP contribution >= 0.6 is 23.2 Å². The third kappa shape index (κ3) is 10.5. The highest BCUT2D eigenvalue weighted by molar-refractivity contribution is 6.31. The van der Waals surface area contributed by atoms with Crippen LogP contribution in [0.15, 0.2) is 30.3 Å². The van der Waals surface area contributed by atoms with Crippen molar-refractivity contribution in [2.75, 3.05) is 51.1 Å². The minimum atomic E-state index is -4.59. The van der Waals surface area contributed by atoms with Crippen LogP contribution < -0.4 is 16.0 Å². The summed E-state index contributed by atoms with van der Waals surface area (Å²) in [5, 5.41) is 32.1. The molecule has 2 aliphatic heterocycles. The highest BCUT2D eigenvalue weighted by Crippen LogP contribution is 2.36. The van der Waals surface area contributed by atoms with Gasteiger partial charge in [0.1, 0.15) is 5.82 Å². The van der Waals surface area contributed by atoms with Gasteiger partial charge in [-0.3, -0.25) is 19.3 Å². The van der Waals surface area contributed by atoms with Crippen LogP contribution in [0.2, 0.25) is 10.0 Å². The Morgan fingerprint density at radius 2 is 1.68 bits per heavy atom. The van der Waals surface area contributed by atoms with Gasteiger partial charge in [-0.25, -0.2) is 4.98 Å². The summed E-state index contributed by atoms with van der Waals surface area (Å²) >= 11 is 12.0. The van der Waals surface area contributed by atoms with Gasteiger partial charge in [-0.15, -0.1) is 0 Å². The van der Waals surface area contributed by atoms with E-state index >= 15 is 0 Å². The Bertz CT molecular complexity index is 1350. The third-order valence-electron chi connectivity index (χ3n) is 6.78. The van der Waals surface area contributed by atoms with Gasteiger partial charge in [-0.05, 0) is 48.2 Å². The Kier molecular flexibility index (Phi) is 15.2. The van der Waals surface area contributed by atoms with Crippen molar-refractivity contribution in [2.24, 2.45) is 5.92 Å². The first-order valence-electron chi connectivity index (χ1n) is 13.2. The molecule has 1 saturated heterocycles. The highest BCUT2D eigenvalue weighted by Gasteiger charge is 2.35. The van der Waals surface area contributed by atoms with Crippen molar-refractivity contribution >= 4 is 59.3 Å². The summed E-state index contributed by atoms with van der Waals surface area (Å²) in [5.41, 5.74) is 2.46. The number of aromatic nitrogens is 2. The number of pyridine rings is 1. The van der Waals surface area contributed by atoms with E-state index in [0.29, 0.717) is 24.0 Å². The summed E-state index contributed by atoms with van der Waals surface area (Å²) in [6.07, 6.45) is -3.72. The SMILES string of the molecule is FC(F)(F)c1nc(NCCN2CCc3c([nH]c4ccc(Cl)cc34)C2CNCC2CNC2)ccc1Cl.O=CO.O=CO.O=CO. The van der Waals surface area contributed by atoms with Crippen molar-refractivity contribution in [3.63, 3.8) is 0 Å². The van der Waals surface area contributed by atoms with Crippen molar-refractivity contribution in [1.82, 2.24) is 25.5 Å². The molecular weight excluding hydrogens is 632 g/mol. The van der Waals surface area contributed by atoms with E-state index in [2.05, 4.69) is 30.8 Å². The zero-order valence-electron chi connectivity index (χ0n) is 23.3. The minimum Gasteiger partial charge on any atom is -0.483 e. The molecule has 3 aromatic rings. The first-order chi connectivity index (χ1) is 21.0. The van der Waals surface area contributed by atoms with Gasteiger partial charge in [0.25, 0.3) is 19.4 Å². The van der Waals surface area contributed by atoms with E-state index in [1.54, 1.807) is 0 Å². The smallest absolute Gasteiger partial charge is 0.434 e. The average Bonchev–Trinajstić information content (AvgIpc) is 3.30. The second-order valence-corrected chi connectivity index (χ2v) is 10.3. The second-order valence-electron chi connectivity index (χ2n) is 9.46. The Labute approximate surface area is 260 Å². The molecule has 0 amide bonds. The molecule has 0 spiro atoms. The number of halogens is 5. The van der Waals surface area contributed by atoms with Gasteiger partial charge in [-0.2, -0.15) is 13.2 Å². The maximum Gasteiger partial charge on any atom is 0.434 e. The molecule has 0 bridgehead atoms. The Balaban J connectivity index is 0.000000672. The van der Waals surface area contributed by atoms with E-state index in [4.69, 9.17) is 52.9 Å². The average molecular weight is 665 g/mol. The predicted molar refractivity (Wildman–Crippen MR) is 159 cm³/mol. The summed E-state index contributed by atoms with van der Waals surface area (Å²) in [7, 11) is 0. The number of fused-ring (bicyclic) bond motifs is 3. The van der Waals surface area contributed by atoms with Crippen LogP contribution in [0, 0.1) is 5.92 Å². The number of anilines is 1. The maximum atomic E-state index is 13.1. The van der Waals surface area contributed by atoms with Crippen molar-refractivity contribution in [3.8, 4) is 0 Å². The molecule has 1 unspecified atom stereocenters. The Hall–Kier alpha value is -3.63. The summed E-state index contributed by atoms with van der Waals surface area (Å²) in [4.78, 5) is 34.7. The van der Waals surface area contributed by atoms with E-state index in [9.17, 15) is 13.2 Å². The number of hydrogen-bond acceptors (Lipinski definition) is 8. The molecule has 1 aromatic carbocycles. The van der Waals surface area contributed by atoms with Crippen LogP contribution in [0.25, 0.3) is 10.9 Å². The molecule has 4 heterocycles. The molecule has 2 aromatic heterocycles. The molecule has 0 radical (unpaired) electrons. The van der Waals surface area contributed by atoms with Crippen LogP contribution in [0.4, 0.5) is 19.0 Å². The minimum absolute atomic E-state index is 0.115. The van der Waals surface area contributed by atoms with Gasteiger partial charge in [-0.1, -0.05) is 23.2 Å². The Morgan fingerprint density at radius 1 is 1.02 bits per heavy atom. The van der Waals surface area contributed by atoms with Crippen LogP contribution in [0.3, 0.4) is 0 Å². The number of hydrogen-bond donors (Lipinski definition) is 7. The van der Waals surface area contributed by atoms with Crippen molar-refractivity contribution in [2.45, 2.75) is 18.6 Å². The molecule has 1 fully saturated rings. The van der Waals surface area contributed by atoms with Crippen LogP contribution in [0.5, 0.6) is 0 Å². The second kappa shape index (κ2) is 18.2. The van der Waals surface area contributed by atoms with Crippen LogP contribution in [-0.4, -0.2) is 95.4 Å². The fourth-order valence-corrected chi connectivity index (χ4v) is 5.26. The van der Waals surface area contributed by atoms with E-state index in [0.717, 1.165) is 50.0 Å². The number of carbonyl (C=O) groups is 3. The number of aromatic amines is 1. The lowest BCUT2D eigenvalue weighted by atomic mass is 9.96. The molecule has 7 N–H and O–H groups in total. The molecule has 5 rings (SSSR count). The van der Waals surface area contributed by atoms with E-state index in [1.807, 2.05) is 18.2 Å². The lowest BCUT2D eigenvalue weighted by Gasteiger charge is -2.37. The summed E-state index contributed by atoms with van der Waals surface area (Å²) in [6.45, 7) is 5.00. The molecule has 0 saturated carbocycles. The van der Waals surface area contributed by atoms with Crippen LogP contribution in [0.1, 0.15) is 23.0 Å². The molecular formula is C27H33Cl2F3N6O6. The lowest BCUT2D eigenvalue weighted by molar-refractivity contribution is -0.141. The zero-order valence-corrected chi connectivity index (χ0v) is 24.8. The van der Waals surface area contributed by atoms with Gasteiger partial charge in [0, 0.05) is 67.4 Å². The number of benzene rings is 1. The number of carboxylic acid groups (broad SMARTS) is 3. The van der Waals surface area contributed by atoms with Crippen molar-refractivity contribution in [1.29, 1.82) is 0 Å². The zero-order chi connectivity index (χ0) is 32.7. The quantitative estimate of drug-likeness (QED) is 0.174. The predicted octanol–water partition coefficient (Wildman–Crippen LogP) is 3.81. The van der Waals surface area contributed by atoms with Gasteiger partial charge in [0.2, 0.25) is 0 Å². The monoisotopic (exact) mass is 664 g/mol. The summed E-state index contributed by atoms with van der Waals surface area (Å²) in [6, 6.07) is 8.72. The van der Waals surface area contributed by atoms with E-state index < -0.39 is 16.9 Å². The van der Waals surface area contributed by atoms with Gasteiger partial charge in [0.15, 0.2) is 5.69 Å². The molecule has 44 heavy (non-hydrogen) atoms. The van der Waals surface area contributed by atoms with Gasteiger partial charge in [0.05, 0.1) is 11.1 Å². The lowest BCUT2D eigenvalue weighted by Crippen LogP contribution is -2.49. The van der Waals surface area contributed by atoms with Gasteiger partial charge >= 0.3 is 6.18 Å². The van der Waals surface area contributed by atoms with Crippen molar-refractivity contribution in [3.05, 3.63) is 57.3 Å². The fraction of sp³-hybridized carbons (Fsp3) is 0.407. The first-order valence-corrected chi connectivity index (χ1v) is 14.0. The number of nitrogens with one attached hydrogen (secondary N) is 4. The fourth-order valence-electron chi connectivity index (χ4n) is 4.87. The molecule has 2 aliphatic rings. The van der Waals surface area contributed by atoms with Crippen molar-refractivity contribution < 1.29 is 42.9 Å². The topological polar surface area (TPSA) is 180 Å². The normalized spacial score (nSPS) is 16.0.